The van der Waals surface area contributed by atoms with E-state index in [0.29, 0.717) is 18.7 Å². The molecule has 4 nitrogen and oxygen atoms in total. The lowest BCUT2D eigenvalue weighted by atomic mass is 10.0. The van der Waals surface area contributed by atoms with E-state index in [0.717, 1.165) is 31.9 Å². The number of ether oxygens (including phenoxy) is 2. The molecule has 118 valence electrons. The SMILES string of the molecule is CCOc1ccc(C(C)NC)cc1CN(C)C1CCOC1. The standard InChI is InChI=1S/C17H28N2O2/c1-5-21-17-7-6-14(13(2)18-3)10-15(17)11-19(4)16-8-9-20-12-16/h6-7,10,13,16,18H,5,8-9,11-12H2,1-4H3. The Hall–Kier alpha value is -1.10. The molecule has 0 radical (unpaired) electrons. The smallest absolute Gasteiger partial charge is 0.123 e. The fourth-order valence-electron chi connectivity index (χ4n) is 2.72. The molecule has 0 aromatic heterocycles. The monoisotopic (exact) mass is 292 g/mol. The molecule has 0 bridgehead atoms. The molecular formula is C17H28N2O2. The third-order valence-corrected chi connectivity index (χ3v) is 4.27. The molecule has 1 N–H and O–H groups in total. The summed E-state index contributed by atoms with van der Waals surface area (Å²) < 4.78 is 11.3. The Labute approximate surface area is 128 Å². The van der Waals surface area contributed by atoms with Gasteiger partial charge in [-0.15, -0.1) is 0 Å². The van der Waals surface area contributed by atoms with Gasteiger partial charge in [-0.25, -0.2) is 0 Å². The van der Waals surface area contributed by atoms with Crippen molar-refractivity contribution in [1.29, 1.82) is 0 Å². The number of hydrogen-bond acceptors (Lipinski definition) is 4. The van der Waals surface area contributed by atoms with Gasteiger partial charge in [0.15, 0.2) is 0 Å². The summed E-state index contributed by atoms with van der Waals surface area (Å²) in [4.78, 5) is 2.37. The Bertz CT molecular complexity index is 444. The molecule has 4 heteroatoms. The maximum atomic E-state index is 5.79. The van der Waals surface area contributed by atoms with Gasteiger partial charge < -0.3 is 14.8 Å². The molecule has 1 fully saturated rings. The van der Waals surface area contributed by atoms with Crippen molar-refractivity contribution in [2.24, 2.45) is 0 Å². The van der Waals surface area contributed by atoms with Gasteiger partial charge in [0.2, 0.25) is 0 Å². The van der Waals surface area contributed by atoms with E-state index in [2.05, 4.69) is 42.4 Å². The fraction of sp³-hybridized carbons (Fsp3) is 0.647. The number of nitrogens with one attached hydrogen (secondary N) is 1. The van der Waals surface area contributed by atoms with Crippen LogP contribution in [0, 0.1) is 0 Å². The molecule has 0 saturated carbocycles. The molecule has 1 aromatic rings. The lowest BCUT2D eigenvalue weighted by Crippen LogP contribution is -2.31. The van der Waals surface area contributed by atoms with Crippen molar-refractivity contribution in [3.05, 3.63) is 29.3 Å². The average Bonchev–Trinajstić information content (AvgIpc) is 3.02. The van der Waals surface area contributed by atoms with Crippen molar-refractivity contribution in [2.45, 2.75) is 38.9 Å². The van der Waals surface area contributed by atoms with Crippen LogP contribution in [-0.2, 0) is 11.3 Å². The lowest BCUT2D eigenvalue weighted by Gasteiger charge is -2.25. The van der Waals surface area contributed by atoms with Crippen molar-refractivity contribution < 1.29 is 9.47 Å². The van der Waals surface area contributed by atoms with Crippen molar-refractivity contribution in [3.63, 3.8) is 0 Å². The molecule has 2 atom stereocenters. The second-order valence-corrected chi connectivity index (χ2v) is 5.74. The van der Waals surface area contributed by atoms with Gasteiger partial charge in [-0.3, -0.25) is 4.90 Å². The van der Waals surface area contributed by atoms with Crippen LogP contribution in [0.25, 0.3) is 0 Å². The third-order valence-electron chi connectivity index (χ3n) is 4.27. The van der Waals surface area contributed by atoms with Gasteiger partial charge in [-0.2, -0.15) is 0 Å². The van der Waals surface area contributed by atoms with Gasteiger partial charge >= 0.3 is 0 Å². The zero-order chi connectivity index (χ0) is 15.2. The zero-order valence-corrected chi connectivity index (χ0v) is 13.7. The highest BCUT2D eigenvalue weighted by Crippen LogP contribution is 2.26. The second kappa shape index (κ2) is 7.78. The van der Waals surface area contributed by atoms with Crippen LogP contribution in [-0.4, -0.2) is 44.9 Å². The number of rotatable bonds is 7. The van der Waals surface area contributed by atoms with Crippen LogP contribution in [0.2, 0.25) is 0 Å². The van der Waals surface area contributed by atoms with E-state index in [4.69, 9.17) is 9.47 Å². The fourth-order valence-corrected chi connectivity index (χ4v) is 2.72. The molecule has 1 aromatic carbocycles. The molecular weight excluding hydrogens is 264 g/mol. The van der Waals surface area contributed by atoms with Gasteiger partial charge in [0.1, 0.15) is 5.75 Å². The van der Waals surface area contributed by atoms with Crippen LogP contribution >= 0.6 is 0 Å². The number of likely N-dealkylation sites (N-methyl/N-ethyl adjacent to an activating group) is 1. The summed E-state index contributed by atoms with van der Waals surface area (Å²) in [5, 5.41) is 3.29. The number of benzene rings is 1. The van der Waals surface area contributed by atoms with E-state index < -0.39 is 0 Å². The Kier molecular flexibility index (Phi) is 6.03. The molecule has 2 unspecified atom stereocenters. The Balaban J connectivity index is 2.16. The molecule has 0 aliphatic carbocycles. The zero-order valence-electron chi connectivity index (χ0n) is 13.7. The second-order valence-electron chi connectivity index (χ2n) is 5.74. The van der Waals surface area contributed by atoms with Crippen molar-refractivity contribution in [2.75, 3.05) is 33.9 Å². The van der Waals surface area contributed by atoms with Crippen LogP contribution in [0.15, 0.2) is 18.2 Å². The van der Waals surface area contributed by atoms with Crippen molar-refractivity contribution >= 4 is 0 Å². The molecule has 0 spiro atoms. The highest BCUT2D eigenvalue weighted by molar-refractivity contribution is 5.38. The minimum atomic E-state index is 0.347. The molecule has 1 heterocycles. The van der Waals surface area contributed by atoms with Gasteiger partial charge in [-0.05, 0) is 52.1 Å². The maximum Gasteiger partial charge on any atom is 0.123 e. The van der Waals surface area contributed by atoms with Gasteiger partial charge in [-0.1, -0.05) is 6.07 Å². The first kappa shape index (κ1) is 16.3. The summed E-state index contributed by atoms with van der Waals surface area (Å²) in [5.74, 6) is 0.996. The summed E-state index contributed by atoms with van der Waals surface area (Å²) in [6, 6.07) is 7.37. The molecule has 2 rings (SSSR count). The number of nitrogens with zero attached hydrogens (tertiary/aromatic N) is 1. The van der Waals surface area contributed by atoms with Crippen molar-refractivity contribution in [3.8, 4) is 5.75 Å². The summed E-state index contributed by atoms with van der Waals surface area (Å²) in [6.45, 7) is 7.52. The molecule has 1 aliphatic heterocycles. The minimum absolute atomic E-state index is 0.347. The Morgan fingerprint density at radius 1 is 1.48 bits per heavy atom. The summed E-state index contributed by atoms with van der Waals surface area (Å²) in [6.07, 6.45) is 1.12. The summed E-state index contributed by atoms with van der Waals surface area (Å²) in [5.41, 5.74) is 2.55. The molecule has 1 saturated heterocycles. The quantitative estimate of drug-likeness (QED) is 0.837. The van der Waals surface area contributed by atoms with E-state index in [1.807, 2.05) is 14.0 Å². The highest BCUT2D eigenvalue weighted by Gasteiger charge is 2.21. The highest BCUT2D eigenvalue weighted by atomic mass is 16.5. The van der Waals surface area contributed by atoms with E-state index in [1.165, 1.54) is 11.1 Å². The third kappa shape index (κ3) is 4.19. The van der Waals surface area contributed by atoms with E-state index >= 15 is 0 Å². The van der Waals surface area contributed by atoms with Gasteiger partial charge in [0.05, 0.1) is 13.2 Å². The van der Waals surface area contributed by atoms with E-state index in [9.17, 15) is 0 Å². The first-order valence-corrected chi connectivity index (χ1v) is 7.86. The minimum Gasteiger partial charge on any atom is -0.494 e. The Morgan fingerprint density at radius 3 is 2.90 bits per heavy atom. The maximum absolute atomic E-state index is 5.79. The van der Waals surface area contributed by atoms with E-state index in [-0.39, 0.29) is 0 Å². The van der Waals surface area contributed by atoms with Crippen LogP contribution in [0.1, 0.15) is 37.4 Å². The predicted molar refractivity (Wildman–Crippen MR) is 85.8 cm³/mol. The topological polar surface area (TPSA) is 33.7 Å². The van der Waals surface area contributed by atoms with Crippen LogP contribution in [0.5, 0.6) is 5.75 Å². The lowest BCUT2D eigenvalue weighted by molar-refractivity contribution is 0.155. The van der Waals surface area contributed by atoms with Gasteiger partial charge in [0, 0.05) is 30.8 Å². The van der Waals surface area contributed by atoms with Crippen LogP contribution < -0.4 is 10.1 Å². The normalized spacial score (nSPS) is 20.0. The van der Waals surface area contributed by atoms with Crippen molar-refractivity contribution in [1.82, 2.24) is 10.2 Å². The first-order chi connectivity index (χ1) is 10.2. The summed E-state index contributed by atoms with van der Waals surface area (Å²) >= 11 is 0. The largest absolute Gasteiger partial charge is 0.494 e. The molecule has 21 heavy (non-hydrogen) atoms. The first-order valence-electron chi connectivity index (χ1n) is 7.86. The Morgan fingerprint density at radius 2 is 2.29 bits per heavy atom. The summed E-state index contributed by atoms with van der Waals surface area (Å²) in [7, 11) is 4.16. The molecule has 1 aliphatic rings. The number of hydrogen-bond donors (Lipinski definition) is 1. The average molecular weight is 292 g/mol. The predicted octanol–water partition coefficient (Wildman–Crippen LogP) is 2.59. The van der Waals surface area contributed by atoms with Gasteiger partial charge in [0.25, 0.3) is 0 Å². The van der Waals surface area contributed by atoms with Crippen LogP contribution in [0.3, 0.4) is 0 Å². The van der Waals surface area contributed by atoms with E-state index in [1.54, 1.807) is 0 Å². The molecule has 0 amide bonds. The van der Waals surface area contributed by atoms with Crippen LogP contribution in [0.4, 0.5) is 0 Å².